The molecule has 0 bridgehead atoms. The number of methoxy groups -OCH3 is 1. The molecule has 1 saturated heterocycles. The summed E-state index contributed by atoms with van der Waals surface area (Å²) in [4.78, 5) is 11.4. The van der Waals surface area contributed by atoms with E-state index in [0.29, 0.717) is 41.2 Å². The molecule has 0 spiro atoms. The Hall–Kier alpha value is -3.47. The van der Waals surface area contributed by atoms with E-state index in [-0.39, 0.29) is 11.9 Å². The fraction of sp³-hybridized carbons (Fsp3) is 0.455. The number of benzene rings is 1. The molecular formula is C22H27FN8O2. The minimum Gasteiger partial charge on any atom is -0.494 e. The first-order valence-corrected chi connectivity index (χ1v) is 10.9. The van der Waals surface area contributed by atoms with Gasteiger partial charge < -0.3 is 20.5 Å². The monoisotopic (exact) mass is 454 g/mol. The third kappa shape index (κ3) is 4.04. The van der Waals surface area contributed by atoms with Gasteiger partial charge in [0.25, 0.3) is 0 Å². The highest BCUT2D eigenvalue weighted by Gasteiger charge is 2.27. The van der Waals surface area contributed by atoms with E-state index in [0.717, 1.165) is 25.1 Å². The van der Waals surface area contributed by atoms with E-state index in [1.807, 2.05) is 12.4 Å². The van der Waals surface area contributed by atoms with Crippen molar-refractivity contribution in [3.05, 3.63) is 36.2 Å². The van der Waals surface area contributed by atoms with Gasteiger partial charge in [-0.15, -0.1) is 5.10 Å². The van der Waals surface area contributed by atoms with E-state index in [9.17, 15) is 9.50 Å². The summed E-state index contributed by atoms with van der Waals surface area (Å²) in [5.41, 5.74) is 7.22. The van der Waals surface area contributed by atoms with Crippen LogP contribution in [0.5, 0.6) is 5.75 Å². The summed E-state index contributed by atoms with van der Waals surface area (Å²) < 4.78 is 22.7. The zero-order valence-corrected chi connectivity index (χ0v) is 18.9. The Morgan fingerprint density at radius 3 is 2.88 bits per heavy atom. The lowest BCUT2D eigenvalue weighted by molar-refractivity contribution is 0.0577. The van der Waals surface area contributed by atoms with Crippen molar-refractivity contribution >= 4 is 28.2 Å². The van der Waals surface area contributed by atoms with Crippen LogP contribution in [0.3, 0.4) is 0 Å². The third-order valence-corrected chi connectivity index (χ3v) is 5.89. The Morgan fingerprint density at radius 2 is 2.12 bits per heavy atom. The smallest absolute Gasteiger partial charge is 0.223 e. The SMILES string of the molecule is COc1cc(F)cc2c1nc(N)n1nc(C3CCCN(c4cnn(CC(C)(C)O)c4)C3)nc21. The molecule has 174 valence electrons. The van der Waals surface area contributed by atoms with Gasteiger partial charge in [0, 0.05) is 31.3 Å². The Kier molecular flexibility index (Phi) is 5.08. The predicted molar refractivity (Wildman–Crippen MR) is 122 cm³/mol. The molecule has 0 amide bonds. The van der Waals surface area contributed by atoms with E-state index in [1.165, 1.54) is 23.8 Å². The molecule has 4 heterocycles. The first kappa shape index (κ1) is 21.4. The molecular weight excluding hydrogens is 427 g/mol. The topological polar surface area (TPSA) is 120 Å². The summed E-state index contributed by atoms with van der Waals surface area (Å²) >= 11 is 0. The fourth-order valence-electron chi connectivity index (χ4n) is 4.43. The van der Waals surface area contributed by atoms with Gasteiger partial charge in [-0.25, -0.2) is 14.4 Å². The molecule has 4 aromatic rings. The standard InChI is InChI=1S/C22H27FN8O2/c1-22(2,32)12-30-11-15(9-25-30)29-6-4-5-13(10-29)19-27-20-16-7-14(23)8-17(33-3)18(16)26-21(24)31(20)28-19/h7-9,11,13,32H,4-6,10,12H2,1-3H3,(H2,24,26). The minimum absolute atomic E-state index is 0.0705. The molecule has 0 radical (unpaired) electrons. The van der Waals surface area contributed by atoms with Gasteiger partial charge in [0.1, 0.15) is 17.1 Å². The van der Waals surface area contributed by atoms with Crippen LogP contribution in [-0.4, -0.2) is 60.3 Å². The van der Waals surface area contributed by atoms with Crippen molar-refractivity contribution < 1.29 is 14.2 Å². The summed E-state index contributed by atoms with van der Waals surface area (Å²) in [7, 11) is 1.46. The van der Waals surface area contributed by atoms with Crippen molar-refractivity contribution in [3.63, 3.8) is 0 Å². The second-order valence-electron chi connectivity index (χ2n) is 9.17. The van der Waals surface area contributed by atoms with E-state index in [4.69, 9.17) is 15.5 Å². The average Bonchev–Trinajstić information content (AvgIpc) is 3.41. The summed E-state index contributed by atoms with van der Waals surface area (Å²) in [6.45, 7) is 5.54. The van der Waals surface area contributed by atoms with E-state index < -0.39 is 11.4 Å². The Bertz CT molecular complexity index is 1330. The highest BCUT2D eigenvalue weighted by atomic mass is 19.1. The molecule has 1 aliphatic rings. The number of halogens is 1. The van der Waals surface area contributed by atoms with E-state index >= 15 is 0 Å². The number of rotatable bonds is 5. The van der Waals surface area contributed by atoms with Gasteiger partial charge in [-0.05, 0) is 32.8 Å². The number of fused-ring (bicyclic) bond motifs is 3. The van der Waals surface area contributed by atoms with Crippen molar-refractivity contribution in [2.45, 2.75) is 44.8 Å². The highest BCUT2D eigenvalue weighted by molar-refractivity contribution is 5.95. The zero-order chi connectivity index (χ0) is 23.3. The maximum Gasteiger partial charge on any atom is 0.223 e. The second-order valence-corrected chi connectivity index (χ2v) is 9.17. The van der Waals surface area contributed by atoms with Crippen LogP contribution in [-0.2, 0) is 6.54 Å². The summed E-state index contributed by atoms with van der Waals surface area (Å²) in [6.07, 6.45) is 5.65. The van der Waals surface area contributed by atoms with Crippen LogP contribution in [0.4, 0.5) is 16.0 Å². The van der Waals surface area contributed by atoms with Crippen LogP contribution in [0.25, 0.3) is 16.6 Å². The number of nitrogen functional groups attached to an aromatic ring is 1. The molecule has 1 atom stereocenters. The second kappa shape index (κ2) is 7.84. The van der Waals surface area contributed by atoms with E-state index in [2.05, 4.69) is 20.1 Å². The first-order chi connectivity index (χ1) is 15.7. The van der Waals surface area contributed by atoms with Gasteiger partial charge in [0.05, 0.1) is 36.5 Å². The molecule has 1 aromatic carbocycles. The first-order valence-electron chi connectivity index (χ1n) is 10.9. The van der Waals surface area contributed by atoms with Crippen LogP contribution >= 0.6 is 0 Å². The number of hydrogen-bond donors (Lipinski definition) is 2. The lowest BCUT2D eigenvalue weighted by Gasteiger charge is -2.32. The molecule has 1 unspecified atom stereocenters. The number of aromatic nitrogens is 6. The van der Waals surface area contributed by atoms with Gasteiger partial charge in [0.15, 0.2) is 11.5 Å². The minimum atomic E-state index is -0.840. The normalized spacial score (nSPS) is 17.2. The van der Waals surface area contributed by atoms with Crippen molar-refractivity contribution in [1.82, 2.24) is 29.4 Å². The van der Waals surface area contributed by atoms with E-state index in [1.54, 1.807) is 18.5 Å². The van der Waals surface area contributed by atoms with Crippen molar-refractivity contribution in [3.8, 4) is 5.75 Å². The summed E-state index contributed by atoms with van der Waals surface area (Å²) in [5.74, 6) is 0.746. The largest absolute Gasteiger partial charge is 0.494 e. The van der Waals surface area contributed by atoms with Gasteiger partial charge >= 0.3 is 0 Å². The van der Waals surface area contributed by atoms with Crippen LogP contribution in [0, 0.1) is 5.82 Å². The highest BCUT2D eigenvalue weighted by Crippen LogP contribution is 2.32. The Morgan fingerprint density at radius 1 is 1.30 bits per heavy atom. The molecule has 33 heavy (non-hydrogen) atoms. The van der Waals surface area contributed by atoms with Gasteiger partial charge in [-0.1, -0.05) is 0 Å². The molecule has 0 saturated carbocycles. The number of hydrogen-bond acceptors (Lipinski definition) is 8. The van der Waals surface area contributed by atoms with Crippen LogP contribution in [0.2, 0.25) is 0 Å². The summed E-state index contributed by atoms with van der Waals surface area (Å²) in [5, 5.41) is 19.6. The van der Waals surface area contributed by atoms with Gasteiger partial charge in [0.2, 0.25) is 5.95 Å². The number of anilines is 2. The molecule has 1 fully saturated rings. The van der Waals surface area contributed by atoms with Gasteiger partial charge in [-0.2, -0.15) is 9.61 Å². The number of nitrogens with two attached hydrogens (primary N) is 1. The number of nitrogens with zero attached hydrogens (tertiary/aromatic N) is 7. The molecule has 1 aliphatic heterocycles. The van der Waals surface area contributed by atoms with Crippen LogP contribution in [0.1, 0.15) is 38.4 Å². The number of piperidine rings is 1. The Balaban J connectivity index is 1.47. The van der Waals surface area contributed by atoms with Crippen LogP contribution in [0.15, 0.2) is 24.5 Å². The lowest BCUT2D eigenvalue weighted by Crippen LogP contribution is -2.34. The van der Waals surface area contributed by atoms with Crippen molar-refractivity contribution in [2.24, 2.45) is 0 Å². The number of aliphatic hydroxyl groups is 1. The van der Waals surface area contributed by atoms with Crippen molar-refractivity contribution in [1.29, 1.82) is 0 Å². The van der Waals surface area contributed by atoms with Crippen molar-refractivity contribution in [2.75, 3.05) is 30.8 Å². The molecule has 3 N–H and O–H groups in total. The third-order valence-electron chi connectivity index (χ3n) is 5.89. The molecule has 11 heteroatoms. The Labute approximate surface area is 189 Å². The zero-order valence-electron chi connectivity index (χ0n) is 18.9. The molecule has 3 aromatic heterocycles. The summed E-state index contributed by atoms with van der Waals surface area (Å²) in [6, 6.07) is 2.65. The maximum atomic E-state index is 14.2. The maximum absolute atomic E-state index is 14.2. The molecule has 0 aliphatic carbocycles. The number of ether oxygens (including phenoxy) is 1. The molecule has 5 rings (SSSR count). The lowest BCUT2D eigenvalue weighted by atomic mass is 9.97. The quantitative estimate of drug-likeness (QED) is 0.472. The van der Waals surface area contributed by atoms with Gasteiger partial charge in [-0.3, -0.25) is 4.68 Å². The average molecular weight is 455 g/mol. The molecule has 10 nitrogen and oxygen atoms in total. The predicted octanol–water partition coefficient (Wildman–Crippen LogP) is 2.36. The fourth-order valence-corrected chi connectivity index (χ4v) is 4.43. The van der Waals surface area contributed by atoms with Crippen LogP contribution < -0.4 is 15.4 Å².